The van der Waals surface area contributed by atoms with Crippen molar-refractivity contribution in [2.75, 3.05) is 6.61 Å². The SMILES string of the molecule is CCCCCCCOc1ccc(-c2ccc(-c3nc4cc([N+](=O)[O-])ccc4o3)cc2)cc1. The van der Waals surface area contributed by atoms with E-state index >= 15 is 0 Å². The number of nitrogens with zero attached hydrogens (tertiary/aromatic N) is 2. The van der Waals surface area contributed by atoms with Gasteiger partial charge in [-0.2, -0.15) is 0 Å². The van der Waals surface area contributed by atoms with E-state index in [0.29, 0.717) is 17.0 Å². The Balaban J connectivity index is 1.40. The Bertz CT molecular complexity index is 1180. The maximum atomic E-state index is 11.0. The molecule has 0 aliphatic carbocycles. The van der Waals surface area contributed by atoms with Gasteiger partial charge in [0.05, 0.1) is 11.5 Å². The van der Waals surface area contributed by atoms with Crippen LogP contribution in [0.3, 0.4) is 0 Å². The van der Waals surface area contributed by atoms with Gasteiger partial charge in [-0.1, -0.05) is 56.9 Å². The molecule has 0 bridgehead atoms. The van der Waals surface area contributed by atoms with Gasteiger partial charge in [-0.3, -0.25) is 10.1 Å². The molecule has 0 unspecified atom stereocenters. The molecular formula is C26H26N2O4. The van der Waals surface area contributed by atoms with Crippen LogP contribution in [0.4, 0.5) is 5.69 Å². The van der Waals surface area contributed by atoms with Crippen LogP contribution in [-0.4, -0.2) is 16.5 Å². The highest BCUT2D eigenvalue weighted by Gasteiger charge is 2.13. The summed E-state index contributed by atoms with van der Waals surface area (Å²) >= 11 is 0. The second-order valence-electron chi connectivity index (χ2n) is 7.79. The predicted molar refractivity (Wildman–Crippen MR) is 126 cm³/mol. The Morgan fingerprint density at radius 1 is 0.875 bits per heavy atom. The van der Waals surface area contributed by atoms with Crippen molar-refractivity contribution in [2.45, 2.75) is 39.0 Å². The topological polar surface area (TPSA) is 78.4 Å². The number of ether oxygens (including phenoxy) is 1. The Hall–Kier alpha value is -3.67. The largest absolute Gasteiger partial charge is 0.494 e. The zero-order valence-corrected chi connectivity index (χ0v) is 18.1. The van der Waals surface area contributed by atoms with E-state index in [4.69, 9.17) is 9.15 Å². The first kappa shape index (κ1) is 21.6. The van der Waals surface area contributed by atoms with E-state index in [1.54, 1.807) is 6.07 Å². The summed E-state index contributed by atoms with van der Waals surface area (Å²) < 4.78 is 11.6. The molecule has 1 heterocycles. The molecule has 164 valence electrons. The van der Waals surface area contributed by atoms with Gasteiger partial charge in [0.1, 0.15) is 11.3 Å². The summed E-state index contributed by atoms with van der Waals surface area (Å²) in [6.07, 6.45) is 6.13. The van der Waals surface area contributed by atoms with E-state index in [-0.39, 0.29) is 5.69 Å². The minimum atomic E-state index is -0.438. The quantitative estimate of drug-likeness (QED) is 0.149. The molecule has 0 fully saturated rings. The summed E-state index contributed by atoms with van der Waals surface area (Å²) in [5.41, 5.74) is 3.98. The average molecular weight is 431 g/mol. The standard InChI is InChI=1S/C26H26N2O4/c1-2-3-4-5-6-17-31-23-14-11-20(12-15-23)19-7-9-21(10-8-19)26-27-24-18-22(28(29)30)13-16-25(24)32-26/h7-16,18H,2-6,17H2,1H3. The van der Waals surface area contributed by atoms with Gasteiger partial charge in [-0.25, -0.2) is 4.98 Å². The highest BCUT2D eigenvalue weighted by Crippen LogP contribution is 2.29. The molecule has 0 aliphatic rings. The van der Waals surface area contributed by atoms with Crippen LogP contribution in [0.15, 0.2) is 71.1 Å². The van der Waals surface area contributed by atoms with Crippen molar-refractivity contribution in [1.29, 1.82) is 0 Å². The lowest BCUT2D eigenvalue weighted by molar-refractivity contribution is -0.384. The lowest BCUT2D eigenvalue weighted by Gasteiger charge is -2.08. The lowest BCUT2D eigenvalue weighted by atomic mass is 10.0. The molecule has 32 heavy (non-hydrogen) atoms. The minimum absolute atomic E-state index is 0.00313. The third-order valence-corrected chi connectivity index (χ3v) is 5.42. The minimum Gasteiger partial charge on any atom is -0.494 e. The van der Waals surface area contributed by atoms with Crippen molar-refractivity contribution >= 4 is 16.8 Å². The van der Waals surface area contributed by atoms with Crippen molar-refractivity contribution in [3.05, 3.63) is 76.8 Å². The second-order valence-corrected chi connectivity index (χ2v) is 7.79. The molecule has 0 saturated carbocycles. The Labute approximate surface area is 187 Å². The molecule has 0 aliphatic heterocycles. The van der Waals surface area contributed by atoms with Gasteiger partial charge in [0.25, 0.3) is 5.69 Å². The highest BCUT2D eigenvalue weighted by molar-refractivity contribution is 5.79. The van der Waals surface area contributed by atoms with E-state index in [2.05, 4.69) is 24.0 Å². The number of non-ortho nitro benzene ring substituents is 1. The van der Waals surface area contributed by atoms with Crippen LogP contribution < -0.4 is 4.74 Å². The summed E-state index contributed by atoms with van der Waals surface area (Å²) in [6.45, 7) is 2.97. The summed E-state index contributed by atoms with van der Waals surface area (Å²) in [4.78, 5) is 14.9. The number of benzene rings is 3. The summed E-state index contributed by atoms with van der Waals surface area (Å²) in [7, 11) is 0. The number of hydrogen-bond acceptors (Lipinski definition) is 5. The number of hydrogen-bond donors (Lipinski definition) is 0. The number of rotatable bonds is 10. The number of aromatic nitrogens is 1. The van der Waals surface area contributed by atoms with Gasteiger partial charge in [0.2, 0.25) is 5.89 Å². The van der Waals surface area contributed by atoms with Gasteiger partial charge in [0, 0.05) is 17.7 Å². The molecule has 4 aromatic rings. The van der Waals surface area contributed by atoms with E-state index < -0.39 is 4.92 Å². The number of nitro groups is 1. The van der Waals surface area contributed by atoms with Crippen LogP contribution in [0.25, 0.3) is 33.7 Å². The molecule has 4 rings (SSSR count). The van der Waals surface area contributed by atoms with Crippen molar-refractivity contribution < 1.29 is 14.1 Å². The van der Waals surface area contributed by atoms with E-state index in [0.717, 1.165) is 35.5 Å². The third-order valence-electron chi connectivity index (χ3n) is 5.42. The summed E-state index contributed by atoms with van der Waals surface area (Å²) in [5.74, 6) is 1.33. The van der Waals surface area contributed by atoms with Crippen LogP contribution in [0, 0.1) is 10.1 Å². The maximum absolute atomic E-state index is 11.0. The molecule has 0 radical (unpaired) electrons. The van der Waals surface area contributed by atoms with Gasteiger partial charge >= 0.3 is 0 Å². The number of nitro benzene ring substituents is 1. The molecule has 6 nitrogen and oxygen atoms in total. The van der Waals surface area contributed by atoms with Crippen LogP contribution in [0.1, 0.15) is 39.0 Å². The van der Waals surface area contributed by atoms with E-state index in [1.165, 1.54) is 37.8 Å². The van der Waals surface area contributed by atoms with Crippen LogP contribution in [0.2, 0.25) is 0 Å². The molecule has 3 aromatic carbocycles. The number of unbranched alkanes of at least 4 members (excludes halogenated alkanes) is 4. The van der Waals surface area contributed by atoms with Crippen LogP contribution in [0.5, 0.6) is 5.75 Å². The fraction of sp³-hybridized carbons (Fsp3) is 0.269. The third kappa shape index (κ3) is 5.14. The van der Waals surface area contributed by atoms with Crippen LogP contribution >= 0.6 is 0 Å². The first-order valence-electron chi connectivity index (χ1n) is 11.0. The highest BCUT2D eigenvalue weighted by atomic mass is 16.6. The van der Waals surface area contributed by atoms with Crippen molar-refractivity contribution in [3.63, 3.8) is 0 Å². The molecule has 0 N–H and O–H groups in total. The van der Waals surface area contributed by atoms with Crippen molar-refractivity contribution in [3.8, 4) is 28.3 Å². The predicted octanol–water partition coefficient (Wildman–Crippen LogP) is 7.42. The van der Waals surface area contributed by atoms with E-state index in [1.807, 2.05) is 36.4 Å². The van der Waals surface area contributed by atoms with Crippen molar-refractivity contribution in [2.24, 2.45) is 0 Å². The maximum Gasteiger partial charge on any atom is 0.271 e. The monoisotopic (exact) mass is 430 g/mol. The van der Waals surface area contributed by atoms with Crippen LogP contribution in [-0.2, 0) is 0 Å². The Kier molecular flexibility index (Phi) is 6.80. The Morgan fingerprint density at radius 3 is 2.22 bits per heavy atom. The lowest BCUT2D eigenvalue weighted by Crippen LogP contribution is -1.97. The van der Waals surface area contributed by atoms with Gasteiger partial charge in [0.15, 0.2) is 5.58 Å². The number of fused-ring (bicyclic) bond motifs is 1. The summed E-state index contributed by atoms with van der Waals surface area (Å²) in [5, 5.41) is 11.0. The first-order valence-corrected chi connectivity index (χ1v) is 11.0. The molecule has 0 spiro atoms. The molecular weight excluding hydrogens is 404 g/mol. The zero-order valence-electron chi connectivity index (χ0n) is 18.1. The zero-order chi connectivity index (χ0) is 22.3. The smallest absolute Gasteiger partial charge is 0.271 e. The molecule has 6 heteroatoms. The number of oxazole rings is 1. The van der Waals surface area contributed by atoms with E-state index in [9.17, 15) is 10.1 Å². The first-order chi connectivity index (χ1) is 15.6. The van der Waals surface area contributed by atoms with Gasteiger partial charge < -0.3 is 9.15 Å². The fourth-order valence-corrected chi connectivity index (χ4v) is 3.60. The second kappa shape index (κ2) is 10.1. The molecule has 0 amide bonds. The molecule has 0 saturated heterocycles. The molecule has 0 atom stereocenters. The fourth-order valence-electron chi connectivity index (χ4n) is 3.60. The van der Waals surface area contributed by atoms with Gasteiger partial charge in [-0.05, 0) is 47.9 Å². The summed E-state index contributed by atoms with van der Waals surface area (Å²) in [6, 6.07) is 20.4. The molecule has 1 aromatic heterocycles. The Morgan fingerprint density at radius 2 is 1.53 bits per heavy atom. The van der Waals surface area contributed by atoms with Crippen molar-refractivity contribution in [1.82, 2.24) is 4.98 Å². The van der Waals surface area contributed by atoms with Gasteiger partial charge in [-0.15, -0.1) is 0 Å². The normalized spacial score (nSPS) is 11.0. The average Bonchev–Trinajstić information content (AvgIpc) is 3.25.